The van der Waals surface area contributed by atoms with Gasteiger partial charge in [0, 0.05) is 13.1 Å². The standard InChI is InChI=1S/C10H11N3O2S/c1-2-13(10(14)15)6-7-3-4-8-9(5-7)12-16-11-8/h3-5H,2,6H2,1H3,(H,14,15). The molecule has 6 heteroatoms. The van der Waals surface area contributed by atoms with Crippen molar-refractivity contribution in [3.8, 4) is 0 Å². The maximum atomic E-state index is 10.8. The topological polar surface area (TPSA) is 66.3 Å². The normalized spacial score (nSPS) is 10.6. The lowest BCUT2D eigenvalue weighted by atomic mass is 10.2. The van der Waals surface area contributed by atoms with Crippen molar-refractivity contribution < 1.29 is 9.90 Å². The average Bonchev–Trinajstić information content (AvgIpc) is 2.72. The fourth-order valence-corrected chi connectivity index (χ4v) is 1.98. The summed E-state index contributed by atoms with van der Waals surface area (Å²) in [6.07, 6.45) is -0.904. The molecule has 16 heavy (non-hydrogen) atoms. The van der Waals surface area contributed by atoms with Gasteiger partial charge in [0.15, 0.2) is 0 Å². The summed E-state index contributed by atoms with van der Waals surface area (Å²) in [5.41, 5.74) is 2.61. The van der Waals surface area contributed by atoms with Crippen molar-refractivity contribution in [2.75, 3.05) is 6.54 Å². The lowest BCUT2D eigenvalue weighted by Crippen LogP contribution is -2.28. The van der Waals surface area contributed by atoms with Crippen LogP contribution in [0.4, 0.5) is 4.79 Å². The van der Waals surface area contributed by atoms with Crippen LogP contribution in [0.5, 0.6) is 0 Å². The van der Waals surface area contributed by atoms with Crippen LogP contribution in [-0.4, -0.2) is 31.4 Å². The molecule has 0 radical (unpaired) electrons. The maximum Gasteiger partial charge on any atom is 0.407 e. The molecule has 5 nitrogen and oxygen atoms in total. The van der Waals surface area contributed by atoms with Gasteiger partial charge >= 0.3 is 6.09 Å². The SMILES string of the molecule is CCN(Cc1ccc2nsnc2c1)C(=O)O. The van der Waals surface area contributed by atoms with Crippen LogP contribution in [0.2, 0.25) is 0 Å². The van der Waals surface area contributed by atoms with Gasteiger partial charge in [-0.25, -0.2) is 4.79 Å². The van der Waals surface area contributed by atoms with Gasteiger partial charge in [-0.05, 0) is 24.6 Å². The van der Waals surface area contributed by atoms with Gasteiger partial charge < -0.3 is 10.0 Å². The quantitative estimate of drug-likeness (QED) is 0.888. The molecule has 0 atom stereocenters. The van der Waals surface area contributed by atoms with Crippen LogP contribution in [0, 0.1) is 0 Å². The molecule has 1 aromatic carbocycles. The second-order valence-electron chi connectivity index (χ2n) is 3.38. The Labute approximate surface area is 96.7 Å². The first kappa shape index (κ1) is 10.8. The van der Waals surface area contributed by atoms with Crippen molar-refractivity contribution in [3.63, 3.8) is 0 Å². The van der Waals surface area contributed by atoms with E-state index >= 15 is 0 Å². The van der Waals surface area contributed by atoms with E-state index in [-0.39, 0.29) is 0 Å². The van der Waals surface area contributed by atoms with Crippen LogP contribution < -0.4 is 0 Å². The van der Waals surface area contributed by atoms with Crippen LogP contribution >= 0.6 is 11.7 Å². The first-order valence-electron chi connectivity index (χ1n) is 4.89. The Bertz CT molecular complexity index is 511. The summed E-state index contributed by atoms with van der Waals surface area (Å²) in [5.74, 6) is 0. The monoisotopic (exact) mass is 237 g/mol. The largest absolute Gasteiger partial charge is 0.465 e. The van der Waals surface area contributed by atoms with Gasteiger partial charge in [0.25, 0.3) is 0 Å². The van der Waals surface area contributed by atoms with Crippen LogP contribution in [0.3, 0.4) is 0 Å². The summed E-state index contributed by atoms with van der Waals surface area (Å²) in [7, 11) is 0. The smallest absolute Gasteiger partial charge is 0.407 e. The third-order valence-corrected chi connectivity index (χ3v) is 2.90. The molecule has 0 spiro atoms. The number of rotatable bonds is 3. The predicted molar refractivity (Wildman–Crippen MR) is 61.5 cm³/mol. The second-order valence-corrected chi connectivity index (χ2v) is 3.91. The van der Waals surface area contributed by atoms with Crippen molar-refractivity contribution in [1.82, 2.24) is 13.6 Å². The maximum absolute atomic E-state index is 10.8. The van der Waals surface area contributed by atoms with Gasteiger partial charge in [-0.3, -0.25) is 0 Å². The molecule has 2 aromatic rings. The molecule has 0 fully saturated rings. The Balaban J connectivity index is 2.23. The zero-order valence-corrected chi connectivity index (χ0v) is 9.57. The van der Waals surface area contributed by atoms with E-state index in [4.69, 9.17) is 5.11 Å². The molecule has 1 amide bonds. The zero-order chi connectivity index (χ0) is 11.5. The Morgan fingerprint density at radius 2 is 2.19 bits per heavy atom. The predicted octanol–water partition coefficient (Wildman–Crippen LogP) is 2.19. The number of carboxylic acid groups (broad SMARTS) is 1. The molecule has 2 rings (SSSR count). The molecule has 0 aliphatic heterocycles. The molecule has 1 aromatic heterocycles. The van der Waals surface area contributed by atoms with E-state index in [2.05, 4.69) is 8.75 Å². The fourth-order valence-electron chi connectivity index (χ4n) is 1.46. The Hall–Kier alpha value is -1.69. The number of fused-ring (bicyclic) bond motifs is 1. The highest BCUT2D eigenvalue weighted by Gasteiger charge is 2.10. The first-order chi connectivity index (χ1) is 7.70. The molecule has 84 valence electrons. The highest BCUT2D eigenvalue weighted by atomic mass is 32.1. The van der Waals surface area contributed by atoms with Gasteiger partial charge in [0.2, 0.25) is 0 Å². The van der Waals surface area contributed by atoms with E-state index in [0.29, 0.717) is 13.1 Å². The van der Waals surface area contributed by atoms with Crippen molar-refractivity contribution in [2.45, 2.75) is 13.5 Å². The third-order valence-electron chi connectivity index (χ3n) is 2.34. The first-order valence-corrected chi connectivity index (χ1v) is 5.63. The summed E-state index contributed by atoms with van der Waals surface area (Å²) in [5, 5.41) is 8.91. The van der Waals surface area contributed by atoms with Gasteiger partial charge in [-0.15, -0.1) is 0 Å². The molecule has 0 saturated heterocycles. The molecular weight excluding hydrogens is 226 g/mol. The molecule has 0 bridgehead atoms. The van der Waals surface area contributed by atoms with Crippen molar-refractivity contribution >= 4 is 28.9 Å². The van der Waals surface area contributed by atoms with E-state index in [0.717, 1.165) is 28.3 Å². The van der Waals surface area contributed by atoms with E-state index in [1.54, 1.807) is 0 Å². The molecule has 0 aliphatic carbocycles. The van der Waals surface area contributed by atoms with E-state index in [9.17, 15) is 4.79 Å². The van der Waals surface area contributed by atoms with Gasteiger partial charge in [-0.1, -0.05) is 6.07 Å². The number of benzene rings is 1. The second kappa shape index (κ2) is 4.44. The lowest BCUT2D eigenvalue weighted by molar-refractivity contribution is 0.145. The minimum absolute atomic E-state index is 0.388. The van der Waals surface area contributed by atoms with Crippen LogP contribution in [0.15, 0.2) is 18.2 Å². The van der Waals surface area contributed by atoms with Crippen molar-refractivity contribution in [3.05, 3.63) is 23.8 Å². The molecule has 0 aliphatic rings. The van der Waals surface area contributed by atoms with E-state index in [1.807, 2.05) is 25.1 Å². The number of carbonyl (C=O) groups is 1. The summed E-state index contributed by atoms with van der Waals surface area (Å²) < 4.78 is 8.22. The molecule has 0 unspecified atom stereocenters. The molecule has 1 heterocycles. The fraction of sp³-hybridized carbons (Fsp3) is 0.300. The van der Waals surface area contributed by atoms with Crippen LogP contribution in [0.1, 0.15) is 12.5 Å². The van der Waals surface area contributed by atoms with Crippen molar-refractivity contribution in [2.24, 2.45) is 0 Å². The average molecular weight is 237 g/mol. The molecular formula is C10H11N3O2S. The third kappa shape index (κ3) is 2.11. The van der Waals surface area contributed by atoms with Crippen LogP contribution in [0.25, 0.3) is 11.0 Å². The summed E-state index contributed by atoms with van der Waals surface area (Å²) >= 11 is 1.16. The molecule has 0 saturated carbocycles. The van der Waals surface area contributed by atoms with Crippen molar-refractivity contribution in [1.29, 1.82) is 0 Å². The van der Waals surface area contributed by atoms with E-state index < -0.39 is 6.09 Å². The minimum Gasteiger partial charge on any atom is -0.465 e. The number of aromatic nitrogens is 2. The number of nitrogens with zero attached hydrogens (tertiary/aromatic N) is 3. The van der Waals surface area contributed by atoms with E-state index in [1.165, 1.54) is 4.90 Å². The lowest BCUT2D eigenvalue weighted by Gasteiger charge is -2.16. The highest BCUT2D eigenvalue weighted by molar-refractivity contribution is 7.00. The Morgan fingerprint density at radius 1 is 1.44 bits per heavy atom. The zero-order valence-electron chi connectivity index (χ0n) is 8.75. The Kier molecular flexibility index (Phi) is 3.00. The highest BCUT2D eigenvalue weighted by Crippen LogP contribution is 2.14. The summed E-state index contributed by atoms with van der Waals surface area (Å²) in [6, 6.07) is 5.63. The minimum atomic E-state index is -0.904. The van der Waals surface area contributed by atoms with Crippen LogP contribution in [-0.2, 0) is 6.54 Å². The Morgan fingerprint density at radius 3 is 2.88 bits per heavy atom. The summed E-state index contributed by atoms with van der Waals surface area (Å²) in [6.45, 7) is 2.68. The molecule has 1 N–H and O–H groups in total. The number of amides is 1. The van der Waals surface area contributed by atoms with Gasteiger partial charge in [0.1, 0.15) is 11.0 Å². The van der Waals surface area contributed by atoms with Gasteiger partial charge in [-0.2, -0.15) is 8.75 Å². The number of hydrogen-bond donors (Lipinski definition) is 1. The summed E-state index contributed by atoms with van der Waals surface area (Å²) in [4.78, 5) is 12.2. The number of hydrogen-bond acceptors (Lipinski definition) is 4. The van der Waals surface area contributed by atoms with Gasteiger partial charge in [0.05, 0.1) is 11.7 Å².